The lowest BCUT2D eigenvalue weighted by molar-refractivity contribution is 0.102. The van der Waals surface area contributed by atoms with E-state index in [4.69, 9.17) is 16.3 Å². The van der Waals surface area contributed by atoms with E-state index in [-0.39, 0.29) is 11.6 Å². The summed E-state index contributed by atoms with van der Waals surface area (Å²) >= 11 is 6.12. The number of carbonyl (C=O) groups excluding carboxylic acids is 1. The number of carbonyl (C=O) groups is 1. The zero-order valence-corrected chi connectivity index (χ0v) is 16.9. The topological polar surface area (TPSA) is 76.1 Å². The number of benzene rings is 2. The summed E-state index contributed by atoms with van der Waals surface area (Å²) in [6.45, 7) is 5.91. The van der Waals surface area contributed by atoms with Gasteiger partial charge in [-0.3, -0.25) is 4.79 Å². The van der Waals surface area contributed by atoms with Gasteiger partial charge in [0.1, 0.15) is 11.4 Å². The molecule has 3 rings (SSSR count). The molecule has 0 atom stereocenters. The fourth-order valence-corrected chi connectivity index (χ4v) is 2.82. The molecule has 0 fully saturated rings. The third kappa shape index (κ3) is 4.23. The van der Waals surface area contributed by atoms with E-state index in [1.165, 1.54) is 7.11 Å². The number of hydrogen-bond donors (Lipinski definition) is 2. The first-order valence-electron chi connectivity index (χ1n) is 8.71. The van der Waals surface area contributed by atoms with Gasteiger partial charge >= 0.3 is 0 Å². The second-order valence-electron chi connectivity index (χ2n) is 6.39. The van der Waals surface area contributed by atoms with Crippen LogP contribution in [0.3, 0.4) is 0 Å². The van der Waals surface area contributed by atoms with Crippen molar-refractivity contribution in [3.8, 4) is 5.75 Å². The summed E-state index contributed by atoms with van der Waals surface area (Å²) in [7, 11) is 1.52. The molecule has 0 spiro atoms. The first kappa shape index (κ1) is 19.6. The zero-order chi connectivity index (χ0) is 20.3. The Hall–Kier alpha value is -3.12. The summed E-state index contributed by atoms with van der Waals surface area (Å²) in [5.74, 6) is 0.457. The number of nitrogens with zero attached hydrogens (tertiary/aromatic N) is 2. The van der Waals surface area contributed by atoms with Crippen LogP contribution in [0.2, 0.25) is 5.02 Å². The molecule has 0 aliphatic heterocycles. The lowest BCUT2D eigenvalue weighted by Gasteiger charge is -2.13. The van der Waals surface area contributed by atoms with Gasteiger partial charge in [-0.25, -0.2) is 9.97 Å². The molecule has 3 aromatic rings. The highest BCUT2D eigenvalue weighted by molar-refractivity contribution is 6.31. The fraction of sp³-hybridized carbons (Fsp3) is 0.190. The van der Waals surface area contributed by atoms with E-state index in [2.05, 4.69) is 20.6 Å². The molecule has 2 N–H and O–H groups in total. The number of nitrogens with one attached hydrogen (secondary N) is 2. The standard InChI is InChI=1S/C21H21ClN4O2/c1-12-6-5-7-16(14(12)3)25-21-23-9-8-17(26-21)20(27)24-18-10-13(2)15(22)11-19(18)28-4/h5-11H,1-4H3,(H,24,27)(H,23,25,26). The minimum atomic E-state index is -0.369. The van der Waals surface area contributed by atoms with Gasteiger partial charge in [0.25, 0.3) is 5.91 Å². The fourth-order valence-electron chi connectivity index (χ4n) is 2.67. The normalized spacial score (nSPS) is 10.5. The molecule has 6 nitrogen and oxygen atoms in total. The van der Waals surface area contributed by atoms with Gasteiger partial charge in [-0.2, -0.15) is 0 Å². The third-order valence-electron chi connectivity index (χ3n) is 4.47. The van der Waals surface area contributed by atoms with Gasteiger partial charge in [0.15, 0.2) is 0 Å². The molecule has 1 aromatic heterocycles. The second-order valence-corrected chi connectivity index (χ2v) is 6.80. The number of methoxy groups -OCH3 is 1. The van der Waals surface area contributed by atoms with Crippen molar-refractivity contribution >= 4 is 34.8 Å². The maximum atomic E-state index is 12.7. The maximum Gasteiger partial charge on any atom is 0.274 e. The SMILES string of the molecule is COc1cc(Cl)c(C)cc1NC(=O)c1ccnc(Nc2cccc(C)c2C)n1. The summed E-state index contributed by atoms with van der Waals surface area (Å²) in [6, 6.07) is 10.9. The summed E-state index contributed by atoms with van der Waals surface area (Å²) in [5.41, 5.74) is 4.74. The lowest BCUT2D eigenvalue weighted by Crippen LogP contribution is -2.15. The van der Waals surface area contributed by atoms with E-state index in [0.29, 0.717) is 22.4 Å². The van der Waals surface area contributed by atoms with Crippen LogP contribution in [0, 0.1) is 20.8 Å². The van der Waals surface area contributed by atoms with Gasteiger partial charge in [0, 0.05) is 23.0 Å². The summed E-state index contributed by atoms with van der Waals surface area (Å²) in [6.07, 6.45) is 1.54. The quantitative estimate of drug-likeness (QED) is 0.630. The van der Waals surface area contributed by atoms with E-state index in [1.807, 2.05) is 39.0 Å². The summed E-state index contributed by atoms with van der Waals surface area (Å²) in [5, 5.41) is 6.55. The van der Waals surface area contributed by atoms with Crippen LogP contribution >= 0.6 is 11.6 Å². The number of rotatable bonds is 5. The van der Waals surface area contributed by atoms with Crippen molar-refractivity contribution in [2.45, 2.75) is 20.8 Å². The minimum absolute atomic E-state index is 0.234. The molecule has 144 valence electrons. The monoisotopic (exact) mass is 396 g/mol. The second kappa shape index (κ2) is 8.27. The van der Waals surface area contributed by atoms with E-state index >= 15 is 0 Å². The van der Waals surface area contributed by atoms with Crippen molar-refractivity contribution in [3.05, 3.63) is 70.0 Å². The Morgan fingerprint density at radius 2 is 1.86 bits per heavy atom. The Morgan fingerprint density at radius 3 is 2.61 bits per heavy atom. The smallest absolute Gasteiger partial charge is 0.274 e. The summed E-state index contributed by atoms with van der Waals surface area (Å²) < 4.78 is 5.30. The molecule has 0 aliphatic rings. The number of amides is 1. The molecule has 0 bridgehead atoms. The number of aryl methyl sites for hydroxylation is 2. The van der Waals surface area contributed by atoms with Crippen LogP contribution in [-0.2, 0) is 0 Å². The Bertz CT molecular complexity index is 1040. The van der Waals surface area contributed by atoms with Crippen LogP contribution in [0.4, 0.5) is 17.3 Å². The Kier molecular flexibility index (Phi) is 5.80. The van der Waals surface area contributed by atoms with Gasteiger partial charge in [-0.05, 0) is 55.7 Å². The zero-order valence-electron chi connectivity index (χ0n) is 16.1. The molecule has 7 heteroatoms. The number of hydrogen-bond acceptors (Lipinski definition) is 5. The highest BCUT2D eigenvalue weighted by atomic mass is 35.5. The van der Waals surface area contributed by atoms with Crippen LogP contribution < -0.4 is 15.4 Å². The molecule has 1 heterocycles. The third-order valence-corrected chi connectivity index (χ3v) is 4.88. The van der Waals surface area contributed by atoms with E-state index in [0.717, 1.165) is 22.4 Å². The average molecular weight is 397 g/mol. The van der Waals surface area contributed by atoms with Gasteiger partial charge < -0.3 is 15.4 Å². The minimum Gasteiger partial charge on any atom is -0.495 e. The molecule has 0 unspecified atom stereocenters. The molecule has 2 aromatic carbocycles. The highest BCUT2D eigenvalue weighted by Gasteiger charge is 2.14. The van der Waals surface area contributed by atoms with E-state index in [9.17, 15) is 4.79 Å². The molecule has 0 aliphatic carbocycles. The molecule has 0 saturated carbocycles. The van der Waals surface area contributed by atoms with Crippen LogP contribution in [-0.4, -0.2) is 23.0 Å². The van der Waals surface area contributed by atoms with E-state index < -0.39 is 0 Å². The van der Waals surface area contributed by atoms with E-state index in [1.54, 1.807) is 24.4 Å². The van der Waals surface area contributed by atoms with Crippen molar-refractivity contribution in [2.75, 3.05) is 17.7 Å². The van der Waals surface area contributed by atoms with Gasteiger partial charge in [-0.1, -0.05) is 23.7 Å². The summed E-state index contributed by atoms with van der Waals surface area (Å²) in [4.78, 5) is 21.2. The van der Waals surface area contributed by atoms with Gasteiger partial charge in [0.05, 0.1) is 12.8 Å². The highest BCUT2D eigenvalue weighted by Crippen LogP contribution is 2.31. The van der Waals surface area contributed by atoms with Crippen molar-refractivity contribution < 1.29 is 9.53 Å². The van der Waals surface area contributed by atoms with Crippen molar-refractivity contribution in [3.63, 3.8) is 0 Å². The van der Waals surface area contributed by atoms with Gasteiger partial charge in [-0.15, -0.1) is 0 Å². The van der Waals surface area contributed by atoms with Crippen LogP contribution in [0.15, 0.2) is 42.6 Å². The van der Waals surface area contributed by atoms with Crippen molar-refractivity contribution in [1.29, 1.82) is 0 Å². The number of halogens is 1. The van der Waals surface area contributed by atoms with Crippen molar-refractivity contribution in [1.82, 2.24) is 9.97 Å². The molecule has 0 radical (unpaired) electrons. The molecular formula is C21H21ClN4O2. The van der Waals surface area contributed by atoms with Crippen LogP contribution in [0.1, 0.15) is 27.2 Å². The number of aromatic nitrogens is 2. The van der Waals surface area contributed by atoms with Gasteiger partial charge in [0.2, 0.25) is 5.95 Å². The Balaban J connectivity index is 1.83. The number of ether oxygens (including phenoxy) is 1. The largest absolute Gasteiger partial charge is 0.495 e. The predicted molar refractivity (Wildman–Crippen MR) is 112 cm³/mol. The first-order valence-corrected chi connectivity index (χ1v) is 9.08. The maximum absolute atomic E-state index is 12.7. The average Bonchev–Trinajstić information content (AvgIpc) is 2.68. The molecule has 1 amide bonds. The van der Waals surface area contributed by atoms with Crippen molar-refractivity contribution in [2.24, 2.45) is 0 Å². The lowest BCUT2D eigenvalue weighted by atomic mass is 10.1. The molecular weight excluding hydrogens is 376 g/mol. The first-order chi connectivity index (χ1) is 13.4. The number of anilines is 3. The van der Waals surface area contributed by atoms with Crippen LogP contribution in [0.5, 0.6) is 5.75 Å². The molecule has 28 heavy (non-hydrogen) atoms. The molecule has 0 saturated heterocycles. The predicted octanol–water partition coefficient (Wildman–Crippen LogP) is 5.06. The Labute approximate surface area is 168 Å². The Morgan fingerprint density at radius 1 is 1.07 bits per heavy atom. The van der Waals surface area contributed by atoms with Crippen LogP contribution in [0.25, 0.3) is 0 Å².